The van der Waals surface area contributed by atoms with Crippen LogP contribution in [0.1, 0.15) is 52.8 Å². The van der Waals surface area contributed by atoms with Crippen LogP contribution in [0.15, 0.2) is 0 Å². The zero-order valence-corrected chi connectivity index (χ0v) is 10.5. The van der Waals surface area contributed by atoms with Gasteiger partial charge in [-0.2, -0.15) is 0 Å². The molecule has 18 heavy (non-hydrogen) atoms. The Labute approximate surface area is 106 Å². The lowest BCUT2D eigenvalue weighted by Crippen LogP contribution is -2.29. The molecule has 96 valence electrons. The van der Waals surface area contributed by atoms with E-state index in [1.165, 1.54) is 13.5 Å². The van der Waals surface area contributed by atoms with E-state index < -0.39 is 0 Å². The molecule has 1 N–H and O–H groups in total. The van der Waals surface area contributed by atoms with Crippen LogP contribution in [0.3, 0.4) is 0 Å². The Kier molecular flexibility index (Phi) is 2.99. The number of fused-ring (bicyclic) bond motifs is 1. The minimum atomic E-state index is -0.349. The van der Waals surface area contributed by atoms with E-state index >= 15 is 0 Å². The molecule has 3 rings (SSSR count). The maximum absolute atomic E-state index is 11.8. The molecule has 0 saturated heterocycles. The number of carbonyl (C=O) groups is 1. The highest BCUT2D eigenvalue weighted by Gasteiger charge is 2.28. The third-order valence-electron chi connectivity index (χ3n) is 3.80. The summed E-state index contributed by atoms with van der Waals surface area (Å²) in [6.45, 7) is 1.57. The maximum atomic E-state index is 11.8. The van der Waals surface area contributed by atoms with Gasteiger partial charge in [0.2, 0.25) is 0 Å². The van der Waals surface area contributed by atoms with Crippen LogP contribution >= 0.6 is 0 Å². The van der Waals surface area contributed by atoms with Crippen LogP contribution in [-0.4, -0.2) is 29.6 Å². The molecule has 1 aliphatic carbocycles. The van der Waals surface area contributed by atoms with Crippen molar-refractivity contribution in [1.82, 2.24) is 15.3 Å². The van der Waals surface area contributed by atoms with Crippen molar-refractivity contribution in [2.45, 2.75) is 38.1 Å². The molecule has 5 nitrogen and oxygen atoms in total. The summed E-state index contributed by atoms with van der Waals surface area (Å²) in [5, 5.41) is 3.25. The van der Waals surface area contributed by atoms with Crippen molar-refractivity contribution >= 4 is 5.97 Å². The highest BCUT2D eigenvalue weighted by molar-refractivity contribution is 5.89. The number of esters is 1. The topological polar surface area (TPSA) is 64.1 Å². The van der Waals surface area contributed by atoms with Gasteiger partial charge in [-0.05, 0) is 12.8 Å². The fraction of sp³-hybridized carbons (Fsp3) is 0.615. The predicted octanol–water partition coefficient (Wildman–Crippen LogP) is 1.18. The molecule has 2 aliphatic rings. The minimum absolute atomic E-state index is 0.349. The Hall–Kier alpha value is -1.49. The molecule has 1 aliphatic heterocycles. The first kappa shape index (κ1) is 11.6. The molecule has 0 aromatic carbocycles. The van der Waals surface area contributed by atoms with Crippen molar-refractivity contribution in [3.8, 4) is 0 Å². The van der Waals surface area contributed by atoms with Gasteiger partial charge in [-0.1, -0.05) is 6.42 Å². The van der Waals surface area contributed by atoms with E-state index in [4.69, 9.17) is 4.74 Å². The van der Waals surface area contributed by atoms with Crippen LogP contribution in [0.5, 0.6) is 0 Å². The first-order valence-corrected chi connectivity index (χ1v) is 6.48. The molecular weight excluding hydrogens is 230 g/mol. The summed E-state index contributed by atoms with van der Waals surface area (Å²) in [5.74, 6) is 0.925. The van der Waals surface area contributed by atoms with Crippen molar-refractivity contribution in [3.63, 3.8) is 0 Å². The molecule has 0 amide bonds. The van der Waals surface area contributed by atoms with Crippen LogP contribution in [0, 0.1) is 0 Å². The molecule has 0 radical (unpaired) electrons. The van der Waals surface area contributed by atoms with E-state index in [-0.39, 0.29) is 5.97 Å². The number of hydrogen-bond donors (Lipinski definition) is 1. The van der Waals surface area contributed by atoms with Gasteiger partial charge in [0.1, 0.15) is 5.82 Å². The third kappa shape index (κ3) is 1.88. The first-order valence-electron chi connectivity index (χ1n) is 6.48. The van der Waals surface area contributed by atoms with Crippen molar-refractivity contribution in [1.29, 1.82) is 0 Å². The fourth-order valence-corrected chi connectivity index (χ4v) is 2.48. The second-order valence-corrected chi connectivity index (χ2v) is 4.90. The first-order chi connectivity index (χ1) is 8.79. The Morgan fingerprint density at radius 3 is 2.89 bits per heavy atom. The maximum Gasteiger partial charge on any atom is 0.357 e. The number of carbonyl (C=O) groups excluding carboxylic acids is 1. The fourth-order valence-electron chi connectivity index (χ4n) is 2.48. The molecule has 5 heteroatoms. The quantitative estimate of drug-likeness (QED) is 0.795. The van der Waals surface area contributed by atoms with E-state index in [1.807, 2.05) is 0 Å². The van der Waals surface area contributed by atoms with Gasteiger partial charge in [0, 0.05) is 31.0 Å². The number of nitrogens with one attached hydrogen (secondary N) is 1. The number of rotatable bonds is 2. The van der Waals surface area contributed by atoms with Gasteiger partial charge < -0.3 is 10.1 Å². The summed E-state index contributed by atoms with van der Waals surface area (Å²) in [6, 6.07) is 0. The van der Waals surface area contributed by atoms with Gasteiger partial charge in [-0.25, -0.2) is 14.8 Å². The molecule has 0 unspecified atom stereocenters. The average Bonchev–Trinajstić information content (AvgIpc) is 2.35. The monoisotopic (exact) mass is 247 g/mol. The van der Waals surface area contributed by atoms with Crippen LogP contribution in [0.2, 0.25) is 0 Å². The normalized spacial score (nSPS) is 18.9. The van der Waals surface area contributed by atoms with Gasteiger partial charge in [-0.3, -0.25) is 0 Å². The standard InChI is InChI=1S/C13H17N3O2/c1-18-13(17)11-9-7-14-6-5-10(9)15-12(16-11)8-3-2-4-8/h8,14H,2-7H2,1H3. The SMILES string of the molecule is COC(=O)c1nc(C2CCC2)nc2c1CNCC2. The number of methoxy groups -OCH3 is 1. The van der Waals surface area contributed by atoms with Crippen LogP contribution in [0.25, 0.3) is 0 Å². The summed E-state index contributed by atoms with van der Waals surface area (Å²) < 4.78 is 4.83. The number of nitrogens with zero attached hydrogens (tertiary/aromatic N) is 2. The summed E-state index contributed by atoms with van der Waals surface area (Å²) >= 11 is 0. The molecule has 2 heterocycles. The van der Waals surface area contributed by atoms with Gasteiger partial charge >= 0.3 is 5.97 Å². The highest BCUT2D eigenvalue weighted by Crippen LogP contribution is 2.35. The lowest BCUT2D eigenvalue weighted by Gasteiger charge is -2.26. The second-order valence-electron chi connectivity index (χ2n) is 4.90. The zero-order chi connectivity index (χ0) is 12.5. The molecular formula is C13H17N3O2. The number of ether oxygens (including phenoxy) is 1. The Morgan fingerprint density at radius 2 is 2.22 bits per heavy atom. The van der Waals surface area contributed by atoms with Crippen LogP contribution in [-0.2, 0) is 17.7 Å². The summed E-state index contributed by atoms with van der Waals surface area (Å²) in [4.78, 5) is 20.9. The Bertz CT molecular complexity index is 483. The lowest BCUT2D eigenvalue weighted by molar-refractivity contribution is 0.0591. The number of hydrogen-bond acceptors (Lipinski definition) is 5. The molecule has 0 spiro atoms. The third-order valence-corrected chi connectivity index (χ3v) is 3.80. The van der Waals surface area contributed by atoms with E-state index in [2.05, 4.69) is 15.3 Å². The van der Waals surface area contributed by atoms with Crippen LogP contribution < -0.4 is 5.32 Å². The molecule has 1 saturated carbocycles. The van der Waals surface area contributed by atoms with Crippen molar-refractivity contribution in [2.24, 2.45) is 0 Å². The minimum Gasteiger partial charge on any atom is -0.464 e. The van der Waals surface area contributed by atoms with Gasteiger partial charge in [0.05, 0.1) is 12.8 Å². The molecule has 0 atom stereocenters. The lowest BCUT2D eigenvalue weighted by atomic mass is 9.84. The Balaban J connectivity index is 2.05. The van der Waals surface area contributed by atoms with Crippen molar-refractivity contribution in [3.05, 3.63) is 22.8 Å². The summed E-state index contributed by atoms with van der Waals surface area (Å²) in [5.41, 5.74) is 2.39. The average molecular weight is 247 g/mol. The molecule has 1 fully saturated rings. The van der Waals surface area contributed by atoms with E-state index in [1.54, 1.807) is 0 Å². The van der Waals surface area contributed by atoms with Crippen LogP contribution in [0.4, 0.5) is 0 Å². The van der Waals surface area contributed by atoms with Crippen molar-refractivity contribution in [2.75, 3.05) is 13.7 Å². The molecule has 1 aromatic heterocycles. The highest BCUT2D eigenvalue weighted by atomic mass is 16.5. The van der Waals surface area contributed by atoms with E-state index in [0.717, 1.165) is 42.9 Å². The summed E-state index contributed by atoms with van der Waals surface area (Å²) in [7, 11) is 1.40. The van der Waals surface area contributed by atoms with Gasteiger partial charge in [-0.15, -0.1) is 0 Å². The molecule has 0 bridgehead atoms. The number of aromatic nitrogens is 2. The van der Waals surface area contributed by atoms with E-state index in [9.17, 15) is 4.79 Å². The largest absolute Gasteiger partial charge is 0.464 e. The second kappa shape index (κ2) is 4.65. The van der Waals surface area contributed by atoms with E-state index in [0.29, 0.717) is 18.2 Å². The van der Waals surface area contributed by atoms with Gasteiger partial charge in [0.15, 0.2) is 5.69 Å². The van der Waals surface area contributed by atoms with Crippen molar-refractivity contribution < 1.29 is 9.53 Å². The smallest absolute Gasteiger partial charge is 0.357 e. The predicted molar refractivity (Wildman–Crippen MR) is 65.4 cm³/mol. The summed E-state index contributed by atoms with van der Waals surface area (Å²) in [6.07, 6.45) is 4.37. The molecule has 1 aromatic rings. The van der Waals surface area contributed by atoms with Gasteiger partial charge in [0.25, 0.3) is 0 Å². The zero-order valence-electron chi connectivity index (χ0n) is 10.5. The Morgan fingerprint density at radius 1 is 1.39 bits per heavy atom.